The molecule has 0 bridgehead atoms. The number of hydrogen-bond acceptors (Lipinski definition) is 4. The van der Waals surface area contributed by atoms with Gasteiger partial charge in [-0.15, -0.1) is 0 Å². The molecule has 0 aromatic carbocycles. The van der Waals surface area contributed by atoms with E-state index in [2.05, 4.69) is 50.0 Å². The average molecular weight is 287 g/mol. The molecular weight excluding hydrogens is 250 g/mol. The Hall–Kier alpha value is -0.160. The molecule has 122 valence electrons. The highest BCUT2D eigenvalue weighted by Crippen LogP contribution is 2.13. The van der Waals surface area contributed by atoms with Gasteiger partial charge in [-0.05, 0) is 53.4 Å². The van der Waals surface area contributed by atoms with Crippen LogP contribution in [0.1, 0.15) is 40.0 Å². The Morgan fingerprint density at radius 1 is 1.10 bits per heavy atom. The van der Waals surface area contributed by atoms with Crippen molar-refractivity contribution in [2.24, 2.45) is 5.92 Å². The Kier molecular flexibility index (Phi) is 10.5. The van der Waals surface area contributed by atoms with Crippen molar-refractivity contribution in [3.05, 3.63) is 0 Å². The highest BCUT2D eigenvalue weighted by Gasteiger charge is 2.19. The predicted octanol–water partition coefficient (Wildman–Crippen LogP) is 1.65. The van der Waals surface area contributed by atoms with Gasteiger partial charge in [-0.3, -0.25) is 0 Å². The fraction of sp³-hybridized carbons (Fsp3) is 1.00. The second kappa shape index (κ2) is 10.6. The van der Waals surface area contributed by atoms with E-state index in [-0.39, 0.29) is 12.1 Å². The summed E-state index contributed by atoms with van der Waals surface area (Å²) in [7, 11) is 6.19. The summed E-state index contributed by atoms with van der Waals surface area (Å²) in [5.41, 5.74) is -0.119. The Bertz CT molecular complexity index is 228. The van der Waals surface area contributed by atoms with Crippen LogP contribution in [-0.4, -0.2) is 74.4 Å². The van der Waals surface area contributed by atoms with E-state index in [4.69, 9.17) is 0 Å². The quantitative estimate of drug-likeness (QED) is 0.535. The van der Waals surface area contributed by atoms with Gasteiger partial charge in [0.05, 0.1) is 6.61 Å². The van der Waals surface area contributed by atoms with Crippen molar-refractivity contribution in [2.75, 3.05) is 53.9 Å². The smallest absolute Gasteiger partial charge is 0.0610 e. The molecule has 0 aliphatic heterocycles. The second-order valence-corrected chi connectivity index (χ2v) is 6.92. The molecule has 20 heavy (non-hydrogen) atoms. The number of hydrogen-bond donors (Lipinski definition) is 2. The van der Waals surface area contributed by atoms with Crippen molar-refractivity contribution < 1.29 is 5.11 Å². The van der Waals surface area contributed by atoms with Crippen molar-refractivity contribution in [2.45, 2.75) is 45.6 Å². The van der Waals surface area contributed by atoms with Crippen molar-refractivity contribution in [1.82, 2.24) is 15.1 Å². The molecule has 4 nitrogen and oxygen atoms in total. The number of unbranched alkanes of at least 4 members (excludes halogenated alkanes) is 1. The van der Waals surface area contributed by atoms with Crippen LogP contribution in [0.3, 0.4) is 0 Å². The minimum Gasteiger partial charge on any atom is -0.394 e. The van der Waals surface area contributed by atoms with Gasteiger partial charge in [-0.25, -0.2) is 0 Å². The number of nitrogens with one attached hydrogen (secondary N) is 1. The van der Waals surface area contributed by atoms with Crippen LogP contribution in [-0.2, 0) is 0 Å². The minimum absolute atomic E-state index is 0.119. The predicted molar refractivity (Wildman–Crippen MR) is 88.2 cm³/mol. The third-order valence-electron chi connectivity index (χ3n) is 3.89. The first-order valence-electron chi connectivity index (χ1n) is 8.00. The number of likely N-dealkylation sites (N-methyl/N-ethyl adjacent to an activating group) is 2. The molecule has 0 saturated carbocycles. The number of rotatable bonds is 12. The lowest BCUT2D eigenvalue weighted by Gasteiger charge is -2.28. The molecule has 0 radical (unpaired) electrons. The maximum Gasteiger partial charge on any atom is 0.0610 e. The summed E-state index contributed by atoms with van der Waals surface area (Å²) in [6, 6.07) is 0. The Balaban J connectivity index is 4.00. The fourth-order valence-corrected chi connectivity index (χ4v) is 2.29. The van der Waals surface area contributed by atoms with Crippen molar-refractivity contribution in [3.63, 3.8) is 0 Å². The summed E-state index contributed by atoms with van der Waals surface area (Å²) in [5.74, 6) is 0.720. The lowest BCUT2D eigenvalue weighted by atomic mass is 9.96. The molecular formula is C16H37N3O. The van der Waals surface area contributed by atoms with Crippen LogP contribution < -0.4 is 5.32 Å². The molecule has 0 aliphatic carbocycles. The van der Waals surface area contributed by atoms with Crippen molar-refractivity contribution in [3.8, 4) is 0 Å². The van der Waals surface area contributed by atoms with Gasteiger partial charge in [0.2, 0.25) is 0 Å². The largest absolute Gasteiger partial charge is 0.394 e. The molecule has 0 rings (SSSR count). The topological polar surface area (TPSA) is 38.7 Å². The fourth-order valence-electron chi connectivity index (χ4n) is 2.29. The number of aliphatic hydroxyl groups is 1. The van der Waals surface area contributed by atoms with Gasteiger partial charge in [0.25, 0.3) is 0 Å². The van der Waals surface area contributed by atoms with E-state index in [0.717, 1.165) is 38.4 Å². The maximum atomic E-state index is 9.38. The Morgan fingerprint density at radius 3 is 2.20 bits per heavy atom. The second-order valence-electron chi connectivity index (χ2n) is 6.92. The third kappa shape index (κ3) is 9.70. The molecule has 4 heteroatoms. The van der Waals surface area contributed by atoms with Gasteiger partial charge < -0.3 is 20.2 Å². The van der Waals surface area contributed by atoms with Gasteiger partial charge in [0.15, 0.2) is 0 Å². The molecule has 0 heterocycles. The van der Waals surface area contributed by atoms with E-state index >= 15 is 0 Å². The SMILES string of the molecule is CNC(C)(CO)CCCCN(CCN(C)C)CC(C)C. The normalized spacial score (nSPS) is 15.3. The van der Waals surface area contributed by atoms with Crippen molar-refractivity contribution >= 4 is 0 Å². The summed E-state index contributed by atoms with van der Waals surface area (Å²) < 4.78 is 0. The zero-order valence-electron chi connectivity index (χ0n) is 14.6. The lowest BCUT2D eigenvalue weighted by molar-refractivity contribution is 0.166. The number of aliphatic hydroxyl groups excluding tert-OH is 1. The summed E-state index contributed by atoms with van der Waals surface area (Å²) in [6.45, 7) is 11.5. The summed E-state index contributed by atoms with van der Waals surface area (Å²) >= 11 is 0. The molecule has 1 unspecified atom stereocenters. The first-order valence-corrected chi connectivity index (χ1v) is 8.00. The van der Waals surface area contributed by atoms with Gasteiger partial charge in [-0.2, -0.15) is 0 Å². The molecule has 0 aromatic rings. The third-order valence-corrected chi connectivity index (χ3v) is 3.89. The molecule has 0 amide bonds. The van der Waals surface area contributed by atoms with Gasteiger partial charge in [0, 0.05) is 25.2 Å². The van der Waals surface area contributed by atoms with Crippen LogP contribution in [0.25, 0.3) is 0 Å². The molecule has 0 aromatic heterocycles. The van der Waals surface area contributed by atoms with Crippen LogP contribution in [0.15, 0.2) is 0 Å². The summed E-state index contributed by atoms with van der Waals surface area (Å²) in [5, 5.41) is 12.6. The average Bonchev–Trinajstić information content (AvgIpc) is 2.39. The standard InChI is InChI=1S/C16H37N3O/c1-15(2)13-19(12-11-18(5)6)10-8-7-9-16(3,14-20)17-4/h15,17,20H,7-14H2,1-6H3. The Morgan fingerprint density at radius 2 is 1.75 bits per heavy atom. The molecule has 0 aliphatic rings. The Labute approximate surface area is 126 Å². The van der Waals surface area contributed by atoms with E-state index in [1.165, 1.54) is 13.0 Å². The summed E-state index contributed by atoms with van der Waals surface area (Å²) in [4.78, 5) is 4.82. The zero-order chi connectivity index (χ0) is 15.6. The lowest BCUT2D eigenvalue weighted by Crippen LogP contribution is -2.43. The van der Waals surface area contributed by atoms with E-state index < -0.39 is 0 Å². The summed E-state index contributed by atoms with van der Waals surface area (Å²) in [6.07, 6.45) is 3.40. The zero-order valence-corrected chi connectivity index (χ0v) is 14.6. The van der Waals surface area contributed by atoms with E-state index in [0.29, 0.717) is 0 Å². The molecule has 0 fully saturated rings. The van der Waals surface area contributed by atoms with Crippen LogP contribution in [0.4, 0.5) is 0 Å². The van der Waals surface area contributed by atoms with E-state index in [1.54, 1.807) is 0 Å². The first kappa shape index (κ1) is 19.8. The maximum absolute atomic E-state index is 9.38. The highest BCUT2D eigenvalue weighted by atomic mass is 16.3. The van der Waals surface area contributed by atoms with Gasteiger partial charge in [-0.1, -0.05) is 20.3 Å². The minimum atomic E-state index is -0.119. The monoisotopic (exact) mass is 287 g/mol. The van der Waals surface area contributed by atoms with Gasteiger partial charge >= 0.3 is 0 Å². The van der Waals surface area contributed by atoms with Crippen LogP contribution in [0, 0.1) is 5.92 Å². The van der Waals surface area contributed by atoms with Gasteiger partial charge in [0.1, 0.15) is 0 Å². The van der Waals surface area contributed by atoms with E-state index in [1.807, 2.05) is 7.05 Å². The van der Waals surface area contributed by atoms with Crippen LogP contribution in [0.2, 0.25) is 0 Å². The van der Waals surface area contributed by atoms with E-state index in [9.17, 15) is 5.11 Å². The molecule has 1 atom stereocenters. The first-order chi connectivity index (χ1) is 9.33. The molecule has 0 saturated heterocycles. The molecule has 0 spiro atoms. The van der Waals surface area contributed by atoms with Crippen LogP contribution in [0.5, 0.6) is 0 Å². The van der Waals surface area contributed by atoms with Crippen LogP contribution >= 0.6 is 0 Å². The highest BCUT2D eigenvalue weighted by molar-refractivity contribution is 4.80. The molecule has 2 N–H and O–H groups in total. The number of nitrogens with zero attached hydrogens (tertiary/aromatic N) is 2. The van der Waals surface area contributed by atoms with Crippen molar-refractivity contribution in [1.29, 1.82) is 0 Å².